The number of nitrogens with zero attached hydrogens (tertiary/aromatic N) is 2. The molecule has 2 atom stereocenters. The summed E-state index contributed by atoms with van der Waals surface area (Å²) in [6.45, 7) is 6.45. The molecule has 0 bridgehead atoms. The number of rotatable bonds is 4. The molecule has 2 aliphatic rings. The van der Waals surface area contributed by atoms with E-state index in [2.05, 4.69) is 24.0 Å². The number of piperazine rings is 1. The lowest BCUT2D eigenvalue weighted by Crippen LogP contribution is -2.49. The lowest BCUT2D eigenvalue weighted by atomic mass is 10.2. The van der Waals surface area contributed by atoms with Crippen LogP contribution in [0.15, 0.2) is 12.1 Å². The molecular weight excluding hydrogens is 272 g/mol. The van der Waals surface area contributed by atoms with E-state index in [0.29, 0.717) is 11.8 Å². The molecule has 2 fully saturated rings. The average molecular weight is 294 g/mol. The van der Waals surface area contributed by atoms with Crippen LogP contribution in [-0.2, 0) is 4.79 Å². The molecule has 1 saturated carbocycles. The van der Waals surface area contributed by atoms with Crippen molar-refractivity contribution >= 4 is 17.2 Å². The van der Waals surface area contributed by atoms with Crippen LogP contribution in [0.5, 0.6) is 0 Å². The van der Waals surface area contributed by atoms with Gasteiger partial charge in [0.1, 0.15) is 0 Å². The average Bonchev–Trinajstić information content (AvgIpc) is 3.14. The highest BCUT2D eigenvalue weighted by molar-refractivity contribution is 7.12. The minimum Gasteiger partial charge on any atom is -0.395 e. The molecule has 1 N–H and O–H groups in total. The highest BCUT2D eigenvalue weighted by Gasteiger charge is 2.46. The number of carbonyl (C=O) groups is 1. The maximum atomic E-state index is 12.5. The first kappa shape index (κ1) is 14.0. The van der Waals surface area contributed by atoms with Crippen molar-refractivity contribution in [3.8, 4) is 0 Å². The molecule has 1 aliphatic heterocycles. The number of aliphatic hydroxyl groups is 1. The van der Waals surface area contributed by atoms with Crippen LogP contribution < -0.4 is 0 Å². The number of amides is 1. The first-order chi connectivity index (χ1) is 9.69. The Morgan fingerprint density at radius 1 is 1.35 bits per heavy atom. The third-order valence-electron chi connectivity index (χ3n) is 4.33. The molecule has 20 heavy (non-hydrogen) atoms. The van der Waals surface area contributed by atoms with Gasteiger partial charge >= 0.3 is 0 Å². The van der Waals surface area contributed by atoms with E-state index in [1.54, 1.807) is 0 Å². The van der Waals surface area contributed by atoms with Crippen LogP contribution in [0.1, 0.15) is 22.1 Å². The number of aryl methyl sites for hydroxylation is 1. The van der Waals surface area contributed by atoms with E-state index >= 15 is 0 Å². The maximum Gasteiger partial charge on any atom is 0.226 e. The van der Waals surface area contributed by atoms with Crippen LogP contribution in [0.3, 0.4) is 0 Å². The Morgan fingerprint density at radius 3 is 2.70 bits per heavy atom. The largest absolute Gasteiger partial charge is 0.395 e. The molecule has 0 unspecified atom stereocenters. The van der Waals surface area contributed by atoms with E-state index in [4.69, 9.17) is 5.11 Å². The molecule has 110 valence electrons. The second-order valence-electron chi connectivity index (χ2n) is 5.79. The molecule has 1 aromatic rings. The van der Waals surface area contributed by atoms with E-state index in [9.17, 15) is 4.79 Å². The van der Waals surface area contributed by atoms with Gasteiger partial charge in [0.05, 0.1) is 6.61 Å². The standard InChI is InChI=1S/C15H22N2O2S/c1-11-2-3-14(20-11)12-10-13(12)15(19)17-6-4-16(5-7-17)8-9-18/h2-3,12-13,18H,4-10H2,1H3/t12-,13+/m0/s1. The van der Waals surface area contributed by atoms with Gasteiger partial charge in [0.15, 0.2) is 0 Å². The second-order valence-corrected chi connectivity index (χ2v) is 7.11. The molecule has 0 aromatic carbocycles. The third kappa shape index (κ3) is 2.90. The fraction of sp³-hybridized carbons (Fsp3) is 0.667. The summed E-state index contributed by atoms with van der Waals surface area (Å²) in [4.78, 5) is 19.4. The van der Waals surface area contributed by atoms with Gasteiger partial charge in [0.2, 0.25) is 5.91 Å². The van der Waals surface area contributed by atoms with Gasteiger partial charge in [0.25, 0.3) is 0 Å². The van der Waals surface area contributed by atoms with E-state index < -0.39 is 0 Å². The Bertz CT molecular complexity index is 480. The van der Waals surface area contributed by atoms with Gasteiger partial charge in [-0.15, -0.1) is 11.3 Å². The lowest BCUT2D eigenvalue weighted by Gasteiger charge is -2.34. The summed E-state index contributed by atoms with van der Waals surface area (Å²) in [5.74, 6) is 1.03. The molecule has 1 saturated heterocycles. The van der Waals surface area contributed by atoms with Crippen LogP contribution in [0, 0.1) is 12.8 Å². The molecule has 1 aromatic heterocycles. The third-order valence-corrected chi connectivity index (χ3v) is 5.47. The number of carbonyl (C=O) groups excluding carboxylic acids is 1. The van der Waals surface area contributed by atoms with Gasteiger partial charge in [-0.1, -0.05) is 0 Å². The molecular formula is C15H22N2O2S. The van der Waals surface area contributed by atoms with Crippen molar-refractivity contribution in [2.24, 2.45) is 5.92 Å². The molecule has 3 rings (SSSR count). The summed E-state index contributed by atoms with van der Waals surface area (Å²) >= 11 is 1.83. The molecule has 1 aliphatic carbocycles. The second kappa shape index (κ2) is 5.84. The summed E-state index contributed by atoms with van der Waals surface area (Å²) in [7, 11) is 0. The van der Waals surface area contributed by atoms with Gasteiger partial charge in [0, 0.05) is 54.3 Å². The zero-order chi connectivity index (χ0) is 14.1. The molecule has 1 amide bonds. The highest BCUT2D eigenvalue weighted by Crippen LogP contribution is 2.50. The van der Waals surface area contributed by atoms with Crippen molar-refractivity contribution in [2.45, 2.75) is 19.3 Å². The fourth-order valence-electron chi connectivity index (χ4n) is 3.00. The SMILES string of the molecule is Cc1ccc([C@H]2C[C@H]2C(=O)N2CCN(CCO)CC2)s1. The zero-order valence-electron chi connectivity index (χ0n) is 11.9. The maximum absolute atomic E-state index is 12.5. The molecule has 4 nitrogen and oxygen atoms in total. The summed E-state index contributed by atoms with van der Waals surface area (Å²) in [6, 6.07) is 4.32. The molecule has 0 spiro atoms. The van der Waals surface area contributed by atoms with Gasteiger partial charge in [-0.3, -0.25) is 9.69 Å². The van der Waals surface area contributed by atoms with E-state index in [1.807, 2.05) is 16.2 Å². The zero-order valence-corrected chi connectivity index (χ0v) is 12.7. The molecule has 2 heterocycles. The van der Waals surface area contributed by atoms with Crippen LogP contribution in [-0.4, -0.2) is 60.1 Å². The summed E-state index contributed by atoms with van der Waals surface area (Å²) in [6.07, 6.45) is 1.02. The highest BCUT2D eigenvalue weighted by atomic mass is 32.1. The monoisotopic (exact) mass is 294 g/mol. The van der Waals surface area contributed by atoms with Crippen molar-refractivity contribution < 1.29 is 9.90 Å². The Morgan fingerprint density at radius 2 is 2.10 bits per heavy atom. The Labute approximate surface area is 124 Å². The van der Waals surface area contributed by atoms with Crippen molar-refractivity contribution in [1.29, 1.82) is 0 Å². The van der Waals surface area contributed by atoms with Crippen LogP contribution in [0.25, 0.3) is 0 Å². The lowest BCUT2D eigenvalue weighted by molar-refractivity contribution is -0.134. The first-order valence-electron chi connectivity index (χ1n) is 7.37. The fourth-order valence-corrected chi connectivity index (χ4v) is 4.06. The van der Waals surface area contributed by atoms with Crippen LogP contribution in [0.2, 0.25) is 0 Å². The van der Waals surface area contributed by atoms with Crippen LogP contribution in [0.4, 0.5) is 0 Å². The smallest absolute Gasteiger partial charge is 0.226 e. The van der Waals surface area contributed by atoms with Crippen molar-refractivity contribution in [2.75, 3.05) is 39.3 Å². The van der Waals surface area contributed by atoms with Gasteiger partial charge in [-0.25, -0.2) is 0 Å². The van der Waals surface area contributed by atoms with Crippen molar-refractivity contribution in [1.82, 2.24) is 9.80 Å². The normalized spacial score (nSPS) is 26.8. The Hall–Kier alpha value is -0.910. The van der Waals surface area contributed by atoms with E-state index in [0.717, 1.165) is 39.1 Å². The van der Waals surface area contributed by atoms with Gasteiger partial charge in [-0.05, 0) is 25.5 Å². The van der Waals surface area contributed by atoms with Crippen molar-refractivity contribution in [3.63, 3.8) is 0 Å². The summed E-state index contributed by atoms with van der Waals surface area (Å²) in [5.41, 5.74) is 0. The Balaban J connectivity index is 1.51. The number of hydrogen-bond acceptors (Lipinski definition) is 4. The van der Waals surface area contributed by atoms with Gasteiger partial charge < -0.3 is 10.0 Å². The number of β-amino-alcohol motifs (C(OH)–C–C–N with tert-alkyl or cyclic N) is 1. The minimum atomic E-state index is 0.205. The molecule has 0 radical (unpaired) electrons. The predicted octanol–water partition coefficient (Wildman–Crippen LogP) is 1.30. The minimum absolute atomic E-state index is 0.205. The number of aliphatic hydroxyl groups excluding tert-OH is 1. The summed E-state index contributed by atoms with van der Waals surface area (Å²) < 4.78 is 0. The van der Waals surface area contributed by atoms with E-state index in [-0.39, 0.29) is 12.5 Å². The number of hydrogen-bond donors (Lipinski definition) is 1. The topological polar surface area (TPSA) is 43.8 Å². The van der Waals surface area contributed by atoms with Crippen LogP contribution >= 0.6 is 11.3 Å². The summed E-state index contributed by atoms with van der Waals surface area (Å²) in [5, 5.41) is 8.93. The van der Waals surface area contributed by atoms with Gasteiger partial charge in [-0.2, -0.15) is 0 Å². The first-order valence-corrected chi connectivity index (χ1v) is 8.19. The van der Waals surface area contributed by atoms with E-state index in [1.165, 1.54) is 9.75 Å². The van der Waals surface area contributed by atoms with Crippen molar-refractivity contribution in [3.05, 3.63) is 21.9 Å². The predicted molar refractivity (Wildman–Crippen MR) is 80.0 cm³/mol. The quantitative estimate of drug-likeness (QED) is 0.910. The Kier molecular flexibility index (Phi) is 4.10. The molecule has 5 heteroatoms. The number of thiophene rings is 1.